The van der Waals surface area contributed by atoms with Gasteiger partial charge >= 0.3 is 5.97 Å². The van der Waals surface area contributed by atoms with Crippen LogP contribution < -0.4 is 0 Å². The highest BCUT2D eigenvalue weighted by Crippen LogP contribution is 2.36. The number of aromatic nitrogens is 2. The molecule has 24 heavy (non-hydrogen) atoms. The lowest BCUT2D eigenvalue weighted by Gasteiger charge is -2.10. The normalized spacial score (nSPS) is 20.3. The lowest BCUT2D eigenvalue weighted by Crippen LogP contribution is -2.10. The van der Waals surface area contributed by atoms with Crippen molar-refractivity contribution >= 4 is 28.5 Å². The number of hydrogen-bond acceptors (Lipinski definition) is 5. The Labute approximate surface area is 144 Å². The number of hydrogen-bond donors (Lipinski definition) is 0. The molecule has 2 aromatic carbocycles. The molecule has 1 aliphatic heterocycles. The zero-order valence-electron chi connectivity index (χ0n) is 13.2. The second-order valence-corrected chi connectivity index (χ2v) is 7.05. The number of thioether (sulfide) groups is 1. The van der Waals surface area contributed by atoms with Crippen LogP contribution in [0.3, 0.4) is 0 Å². The summed E-state index contributed by atoms with van der Waals surface area (Å²) in [7, 11) is 0. The van der Waals surface area contributed by atoms with Crippen molar-refractivity contribution in [2.24, 2.45) is 0 Å². The van der Waals surface area contributed by atoms with Crippen LogP contribution in [0.4, 0.5) is 0 Å². The maximum absolute atomic E-state index is 11.9. The molecule has 2 atom stereocenters. The average molecular weight is 336 g/mol. The van der Waals surface area contributed by atoms with E-state index < -0.39 is 0 Å². The van der Waals surface area contributed by atoms with Gasteiger partial charge in [0.15, 0.2) is 0 Å². The topological polar surface area (TPSA) is 52.1 Å². The molecule has 2 unspecified atom stereocenters. The molecule has 1 fully saturated rings. The Kier molecular flexibility index (Phi) is 3.94. The Bertz CT molecular complexity index is 898. The third-order valence-corrected chi connectivity index (χ3v) is 5.28. The fourth-order valence-electron chi connectivity index (χ4n) is 2.93. The predicted octanol–water partition coefficient (Wildman–Crippen LogP) is 4.09. The lowest BCUT2D eigenvalue weighted by atomic mass is 10.1. The molecule has 0 bridgehead atoms. The number of fused-ring (bicyclic) bond motifs is 1. The molecule has 1 aromatic heterocycles. The molecule has 1 aliphatic rings. The van der Waals surface area contributed by atoms with Crippen LogP contribution in [0.25, 0.3) is 22.0 Å². The van der Waals surface area contributed by atoms with Gasteiger partial charge in [-0.15, -0.1) is 10.2 Å². The summed E-state index contributed by atoms with van der Waals surface area (Å²) < 4.78 is 5.24. The minimum atomic E-state index is -0.208. The van der Waals surface area contributed by atoms with E-state index >= 15 is 0 Å². The largest absolute Gasteiger partial charge is 0.462 e. The molecular formula is C19H16N2O2S. The molecule has 0 aliphatic carbocycles. The van der Waals surface area contributed by atoms with Crippen LogP contribution in [0, 0.1) is 0 Å². The maximum Gasteiger partial charge on any atom is 0.319 e. The summed E-state index contributed by atoms with van der Waals surface area (Å²) in [5.74, 6) is -0.162. The Morgan fingerprint density at radius 2 is 1.71 bits per heavy atom. The number of ether oxygens (including phenoxy) is 1. The number of cyclic esters (lactones) is 1. The van der Waals surface area contributed by atoms with Crippen LogP contribution >= 0.6 is 11.8 Å². The summed E-state index contributed by atoms with van der Waals surface area (Å²) in [5, 5.41) is 11.5. The van der Waals surface area contributed by atoms with Gasteiger partial charge in [0.1, 0.15) is 22.1 Å². The zero-order valence-corrected chi connectivity index (χ0v) is 14.0. The minimum Gasteiger partial charge on any atom is -0.462 e. The summed E-state index contributed by atoms with van der Waals surface area (Å²) in [6, 6.07) is 18.1. The highest BCUT2D eigenvalue weighted by molar-refractivity contribution is 8.00. The first-order valence-electron chi connectivity index (χ1n) is 7.90. The standard InChI is InChI=1S/C19H16N2O2S/c1-12-11-16(19(22)23-12)24-18-15-10-6-5-9-14(15)17(20-21-18)13-7-3-2-4-8-13/h2-10,12,16H,11H2,1H3. The summed E-state index contributed by atoms with van der Waals surface area (Å²) in [4.78, 5) is 11.9. The van der Waals surface area contributed by atoms with Crippen molar-refractivity contribution in [1.82, 2.24) is 10.2 Å². The fraction of sp³-hybridized carbons (Fsp3) is 0.211. The fourth-order valence-corrected chi connectivity index (χ4v) is 4.11. The van der Waals surface area contributed by atoms with Gasteiger partial charge in [0, 0.05) is 22.8 Å². The van der Waals surface area contributed by atoms with Crippen LogP contribution in [-0.2, 0) is 9.53 Å². The summed E-state index contributed by atoms with van der Waals surface area (Å²) in [6.45, 7) is 1.92. The van der Waals surface area contributed by atoms with Gasteiger partial charge in [0.2, 0.25) is 0 Å². The molecule has 0 spiro atoms. The number of esters is 1. The highest BCUT2D eigenvalue weighted by Gasteiger charge is 2.33. The zero-order chi connectivity index (χ0) is 16.5. The number of benzene rings is 2. The van der Waals surface area contributed by atoms with Crippen LogP contribution in [0.5, 0.6) is 0 Å². The van der Waals surface area contributed by atoms with Gasteiger partial charge in [-0.2, -0.15) is 0 Å². The van der Waals surface area contributed by atoms with Gasteiger partial charge in [0.05, 0.1) is 0 Å². The van der Waals surface area contributed by atoms with E-state index in [4.69, 9.17) is 4.74 Å². The van der Waals surface area contributed by atoms with Crippen molar-refractivity contribution in [3.05, 3.63) is 54.6 Å². The number of nitrogens with zero attached hydrogens (tertiary/aromatic N) is 2. The number of rotatable bonds is 3. The third-order valence-electron chi connectivity index (χ3n) is 4.08. The molecular weight excluding hydrogens is 320 g/mol. The summed E-state index contributed by atoms with van der Waals surface area (Å²) >= 11 is 1.45. The predicted molar refractivity (Wildman–Crippen MR) is 94.8 cm³/mol. The second-order valence-electron chi connectivity index (χ2n) is 5.86. The average Bonchev–Trinajstić information content (AvgIpc) is 2.93. The minimum absolute atomic E-state index is 0.0298. The van der Waals surface area contributed by atoms with E-state index in [1.54, 1.807) is 0 Å². The van der Waals surface area contributed by atoms with Gasteiger partial charge in [-0.25, -0.2) is 0 Å². The third kappa shape index (κ3) is 2.76. The summed E-state index contributed by atoms with van der Waals surface area (Å²) in [5.41, 5.74) is 1.89. The SMILES string of the molecule is CC1CC(Sc2nnc(-c3ccccc3)c3ccccc23)C(=O)O1. The van der Waals surface area contributed by atoms with Crippen molar-refractivity contribution in [2.45, 2.75) is 29.7 Å². The van der Waals surface area contributed by atoms with E-state index in [2.05, 4.69) is 10.2 Å². The molecule has 0 radical (unpaired) electrons. The molecule has 1 saturated heterocycles. The lowest BCUT2D eigenvalue weighted by molar-refractivity contribution is -0.140. The molecule has 0 N–H and O–H groups in total. The van der Waals surface area contributed by atoms with Crippen molar-refractivity contribution < 1.29 is 9.53 Å². The first-order chi connectivity index (χ1) is 11.7. The van der Waals surface area contributed by atoms with Crippen LogP contribution in [0.15, 0.2) is 59.6 Å². The first kappa shape index (κ1) is 15.1. The maximum atomic E-state index is 11.9. The Morgan fingerprint density at radius 1 is 1.00 bits per heavy atom. The molecule has 4 nitrogen and oxygen atoms in total. The number of carbonyl (C=O) groups is 1. The van der Waals surface area contributed by atoms with Crippen LogP contribution in [0.2, 0.25) is 0 Å². The van der Waals surface area contributed by atoms with Gasteiger partial charge in [-0.1, -0.05) is 66.4 Å². The van der Waals surface area contributed by atoms with Crippen molar-refractivity contribution in [2.75, 3.05) is 0 Å². The van der Waals surface area contributed by atoms with E-state index in [0.29, 0.717) is 6.42 Å². The van der Waals surface area contributed by atoms with Gasteiger partial charge in [-0.05, 0) is 6.92 Å². The van der Waals surface area contributed by atoms with E-state index in [1.807, 2.05) is 61.5 Å². The monoisotopic (exact) mass is 336 g/mol. The van der Waals surface area contributed by atoms with E-state index in [-0.39, 0.29) is 17.3 Å². The van der Waals surface area contributed by atoms with Gasteiger partial charge < -0.3 is 4.74 Å². The molecule has 120 valence electrons. The Hall–Kier alpha value is -2.40. The van der Waals surface area contributed by atoms with Gasteiger partial charge in [-0.3, -0.25) is 4.79 Å². The van der Waals surface area contributed by atoms with E-state index in [9.17, 15) is 4.79 Å². The smallest absolute Gasteiger partial charge is 0.319 e. The quantitative estimate of drug-likeness (QED) is 0.674. The van der Waals surface area contributed by atoms with Crippen LogP contribution in [0.1, 0.15) is 13.3 Å². The molecule has 5 heteroatoms. The van der Waals surface area contributed by atoms with Gasteiger partial charge in [0.25, 0.3) is 0 Å². The molecule has 2 heterocycles. The molecule has 0 saturated carbocycles. The van der Waals surface area contributed by atoms with E-state index in [0.717, 1.165) is 27.1 Å². The molecule has 0 amide bonds. The van der Waals surface area contributed by atoms with Crippen molar-refractivity contribution in [1.29, 1.82) is 0 Å². The van der Waals surface area contributed by atoms with E-state index in [1.165, 1.54) is 11.8 Å². The Balaban J connectivity index is 1.78. The molecule has 3 aromatic rings. The number of carbonyl (C=O) groups excluding carboxylic acids is 1. The first-order valence-corrected chi connectivity index (χ1v) is 8.78. The highest BCUT2D eigenvalue weighted by atomic mass is 32.2. The second kappa shape index (κ2) is 6.24. The Morgan fingerprint density at radius 3 is 2.42 bits per heavy atom. The van der Waals surface area contributed by atoms with Crippen LogP contribution in [-0.4, -0.2) is 27.5 Å². The van der Waals surface area contributed by atoms with Crippen molar-refractivity contribution in [3.63, 3.8) is 0 Å². The molecule has 4 rings (SSSR count). The van der Waals surface area contributed by atoms with Crippen molar-refractivity contribution in [3.8, 4) is 11.3 Å². The summed E-state index contributed by atoms with van der Waals surface area (Å²) in [6.07, 6.45) is 0.678.